The summed E-state index contributed by atoms with van der Waals surface area (Å²) in [6.07, 6.45) is 1.83. The third-order valence-corrected chi connectivity index (χ3v) is 5.56. The zero-order valence-electron chi connectivity index (χ0n) is 18.3. The molecule has 0 radical (unpaired) electrons. The maximum absolute atomic E-state index is 12.9. The number of unbranched alkanes of at least 4 members (excludes halogenated alkanes) is 1. The molecule has 3 aromatic rings. The molecule has 8 heteroatoms. The predicted octanol–water partition coefficient (Wildman–Crippen LogP) is 4.75. The number of nitrogens with zero attached hydrogens (tertiary/aromatic N) is 3. The second-order valence-electron chi connectivity index (χ2n) is 7.61. The van der Waals surface area contributed by atoms with Crippen molar-refractivity contribution in [2.45, 2.75) is 32.7 Å². The molecule has 0 bridgehead atoms. The van der Waals surface area contributed by atoms with Gasteiger partial charge in [-0.25, -0.2) is 4.79 Å². The van der Waals surface area contributed by atoms with Gasteiger partial charge >= 0.3 is 6.03 Å². The summed E-state index contributed by atoms with van der Waals surface area (Å²) >= 11 is 0. The van der Waals surface area contributed by atoms with Gasteiger partial charge in [-0.15, -0.1) is 0 Å². The lowest BCUT2D eigenvalue weighted by Crippen LogP contribution is -2.46. The largest absolute Gasteiger partial charge is 0.504 e. The first-order chi connectivity index (χ1) is 15.5. The zero-order valence-corrected chi connectivity index (χ0v) is 18.3. The lowest BCUT2D eigenvalue weighted by atomic mass is 9.94. The number of benzene rings is 2. The Labute approximate surface area is 186 Å². The van der Waals surface area contributed by atoms with Gasteiger partial charge in [0.1, 0.15) is 0 Å². The molecule has 166 valence electrons. The Balaban J connectivity index is 1.81. The highest BCUT2D eigenvalue weighted by molar-refractivity contribution is 5.87. The third-order valence-electron chi connectivity index (χ3n) is 5.56. The average Bonchev–Trinajstić information content (AvgIpc) is 3.29. The number of rotatable bonds is 7. The van der Waals surface area contributed by atoms with Gasteiger partial charge in [-0.2, -0.15) is 4.98 Å². The standard InChI is InChI=1S/C24H26N4O4/c1-4-5-13-28-15(2)20(23-26-22(27-32-23)16-9-7-6-8-10-16)21(25-24(28)30)17-11-12-19(31-3)18(29)14-17/h6-12,14,21,29H,4-5,13H2,1-3H3,(H,25,30). The second-order valence-corrected chi connectivity index (χ2v) is 7.61. The van der Waals surface area contributed by atoms with Crippen molar-refractivity contribution in [2.75, 3.05) is 13.7 Å². The van der Waals surface area contributed by atoms with Crippen LogP contribution in [0.15, 0.2) is 58.8 Å². The Kier molecular flexibility index (Phi) is 6.11. The van der Waals surface area contributed by atoms with Crippen LogP contribution in [0.3, 0.4) is 0 Å². The summed E-state index contributed by atoms with van der Waals surface area (Å²) in [6.45, 7) is 4.54. The van der Waals surface area contributed by atoms with E-state index in [1.54, 1.807) is 23.1 Å². The third kappa shape index (κ3) is 4.03. The minimum atomic E-state index is -0.568. The summed E-state index contributed by atoms with van der Waals surface area (Å²) in [5.41, 5.74) is 2.95. The molecule has 2 amide bonds. The number of hydrogen-bond acceptors (Lipinski definition) is 6. The molecule has 2 heterocycles. The van der Waals surface area contributed by atoms with E-state index in [-0.39, 0.29) is 11.8 Å². The number of urea groups is 1. The first-order valence-electron chi connectivity index (χ1n) is 10.6. The Hall–Kier alpha value is -3.81. The van der Waals surface area contributed by atoms with Crippen LogP contribution in [-0.4, -0.2) is 39.8 Å². The monoisotopic (exact) mass is 434 g/mol. The molecule has 1 aliphatic rings. The number of ether oxygens (including phenoxy) is 1. The summed E-state index contributed by atoms with van der Waals surface area (Å²) < 4.78 is 10.8. The van der Waals surface area contributed by atoms with Crippen molar-refractivity contribution in [1.29, 1.82) is 0 Å². The molecule has 1 atom stereocenters. The minimum absolute atomic E-state index is 0.0137. The van der Waals surface area contributed by atoms with Crippen molar-refractivity contribution in [3.63, 3.8) is 0 Å². The first-order valence-corrected chi connectivity index (χ1v) is 10.6. The van der Waals surface area contributed by atoms with E-state index in [1.165, 1.54) is 7.11 Å². The summed E-state index contributed by atoms with van der Waals surface area (Å²) in [7, 11) is 1.49. The summed E-state index contributed by atoms with van der Waals surface area (Å²) in [5.74, 6) is 1.13. The fraction of sp³-hybridized carbons (Fsp3) is 0.292. The molecule has 8 nitrogen and oxygen atoms in total. The van der Waals surface area contributed by atoms with Crippen LogP contribution < -0.4 is 10.1 Å². The molecule has 1 unspecified atom stereocenters. The average molecular weight is 434 g/mol. The number of phenols is 1. The molecule has 32 heavy (non-hydrogen) atoms. The van der Waals surface area contributed by atoms with E-state index < -0.39 is 6.04 Å². The van der Waals surface area contributed by atoms with Crippen molar-refractivity contribution >= 4 is 11.6 Å². The highest BCUT2D eigenvalue weighted by Gasteiger charge is 2.35. The quantitative estimate of drug-likeness (QED) is 0.557. The van der Waals surface area contributed by atoms with Crippen molar-refractivity contribution < 1.29 is 19.2 Å². The smallest absolute Gasteiger partial charge is 0.322 e. The molecule has 1 aliphatic heterocycles. The summed E-state index contributed by atoms with van der Waals surface area (Å²) in [5, 5.41) is 17.5. The van der Waals surface area contributed by atoms with Crippen molar-refractivity contribution in [3.8, 4) is 22.9 Å². The molecule has 2 N–H and O–H groups in total. The number of hydrogen-bond donors (Lipinski definition) is 2. The number of nitrogens with one attached hydrogen (secondary N) is 1. The number of phenolic OH excluding ortho intramolecular Hbond substituents is 1. The minimum Gasteiger partial charge on any atom is -0.504 e. The number of carbonyl (C=O) groups is 1. The number of methoxy groups -OCH3 is 1. The molecule has 4 rings (SSSR count). The van der Waals surface area contributed by atoms with E-state index in [4.69, 9.17) is 9.26 Å². The van der Waals surface area contributed by atoms with Crippen molar-refractivity contribution in [1.82, 2.24) is 20.4 Å². The van der Waals surface area contributed by atoms with Gasteiger partial charge < -0.3 is 19.7 Å². The molecular weight excluding hydrogens is 408 g/mol. The second kappa shape index (κ2) is 9.13. The molecule has 1 aromatic heterocycles. The van der Waals surface area contributed by atoms with Gasteiger partial charge in [-0.1, -0.05) is 54.9 Å². The van der Waals surface area contributed by atoms with Crippen LogP contribution in [0.25, 0.3) is 17.0 Å². The van der Waals surface area contributed by atoms with Gasteiger partial charge in [0.2, 0.25) is 5.82 Å². The number of allylic oxidation sites excluding steroid dienone is 1. The van der Waals surface area contributed by atoms with Crippen LogP contribution in [0.5, 0.6) is 11.5 Å². The molecule has 0 aliphatic carbocycles. The highest BCUT2D eigenvalue weighted by atomic mass is 16.5. The van der Waals surface area contributed by atoms with E-state index >= 15 is 0 Å². The van der Waals surface area contributed by atoms with Gasteiger partial charge in [0.25, 0.3) is 5.89 Å². The zero-order chi connectivity index (χ0) is 22.7. The lowest BCUT2D eigenvalue weighted by molar-refractivity contribution is 0.204. The lowest BCUT2D eigenvalue weighted by Gasteiger charge is -2.35. The molecule has 0 spiro atoms. The number of aromatic nitrogens is 2. The topological polar surface area (TPSA) is 101 Å². The Bertz CT molecular complexity index is 1140. The fourth-order valence-corrected chi connectivity index (χ4v) is 3.82. The van der Waals surface area contributed by atoms with E-state index in [2.05, 4.69) is 22.4 Å². The SMILES string of the molecule is CCCCN1C(=O)NC(c2ccc(OC)c(O)c2)C(c2nc(-c3ccccc3)no2)=C1C. The molecular formula is C24H26N4O4. The van der Waals surface area contributed by atoms with Crippen molar-refractivity contribution in [3.05, 3.63) is 65.7 Å². The maximum atomic E-state index is 12.9. The van der Waals surface area contributed by atoms with Gasteiger partial charge in [-0.3, -0.25) is 4.90 Å². The van der Waals surface area contributed by atoms with Crippen LogP contribution in [0.1, 0.15) is 44.2 Å². The normalized spacial score (nSPS) is 16.3. The first kappa shape index (κ1) is 21.4. The molecule has 2 aromatic carbocycles. The highest BCUT2D eigenvalue weighted by Crippen LogP contribution is 2.39. The van der Waals surface area contributed by atoms with Gasteiger partial charge in [0, 0.05) is 17.8 Å². The number of aromatic hydroxyl groups is 1. The molecule has 0 saturated heterocycles. The van der Waals surface area contributed by atoms with Crippen LogP contribution >= 0.6 is 0 Å². The molecule has 0 saturated carbocycles. The van der Waals surface area contributed by atoms with Crippen LogP contribution in [0.4, 0.5) is 4.79 Å². The van der Waals surface area contributed by atoms with E-state index in [9.17, 15) is 9.90 Å². The Morgan fingerprint density at radius 3 is 2.69 bits per heavy atom. The van der Waals surface area contributed by atoms with E-state index in [0.717, 1.165) is 24.1 Å². The van der Waals surface area contributed by atoms with Crippen LogP contribution in [0.2, 0.25) is 0 Å². The van der Waals surface area contributed by atoms with Gasteiger partial charge in [0.15, 0.2) is 11.5 Å². The Morgan fingerprint density at radius 1 is 1.22 bits per heavy atom. The Morgan fingerprint density at radius 2 is 2.00 bits per heavy atom. The molecule has 0 fully saturated rings. The van der Waals surface area contributed by atoms with Crippen LogP contribution in [0, 0.1) is 0 Å². The van der Waals surface area contributed by atoms with Crippen LogP contribution in [-0.2, 0) is 0 Å². The maximum Gasteiger partial charge on any atom is 0.322 e. The van der Waals surface area contributed by atoms with Gasteiger partial charge in [-0.05, 0) is 31.0 Å². The fourth-order valence-electron chi connectivity index (χ4n) is 3.82. The number of amides is 2. The van der Waals surface area contributed by atoms with Gasteiger partial charge in [0.05, 0.1) is 18.7 Å². The van der Waals surface area contributed by atoms with E-state index in [0.29, 0.717) is 35.1 Å². The summed E-state index contributed by atoms with van der Waals surface area (Å²) in [6, 6.07) is 13.8. The predicted molar refractivity (Wildman–Crippen MR) is 120 cm³/mol. The number of carbonyl (C=O) groups excluding carboxylic acids is 1. The summed E-state index contributed by atoms with van der Waals surface area (Å²) in [4.78, 5) is 19.3. The van der Waals surface area contributed by atoms with E-state index in [1.807, 2.05) is 37.3 Å². The van der Waals surface area contributed by atoms with Crippen molar-refractivity contribution in [2.24, 2.45) is 0 Å².